The number of nitrogens with two attached hydrogens (primary N) is 1. The zero-order chi connectivity index (χ0) is 12.5. The van der Waals surface area contributed by atoms with Crippen LogP contribution in [0.3, 0.4) is 0 Å². The summed E-state index contributed by atoms with van der Waals surface area (Å²) in [6.45, 7) is 2.24. The van der Waals surface area contributed by atoms with Crippen LogP contribution in [0.4, 0.5) is 0 Å². The molecule has 0 atom stereocenters. The number of aromatic nitrogens is 1. The van der Waals surface area contributed by atoms with Crippen LogP contribution in [-0.2, 0) is 6.42 Å². The SMILES string of the molecule is CCCCCCCCc1ccc(C(=N)N)nc1.Cl. The van der Waals surface area contributed by atoms with Crippen molar-refractivity contribution >= 4 is 18.2 Å². The van der Waals surface area contributed by atoms with Crippen LogP contribution in [0.15, 0.2) is 18.3 Å². The van der Waals surface area contributed by atoms with Crippen molar-refractivity contribution in [1.29, 1.82) is 5.41 Å². The maximum absolute atomic E-state index is 7.25. The largest absolute Gasteiger partial charge is 0.382 e. The predicted octanol–water partition coefficient (Wildman–Crippen LogP) is 3.69. The van der Waals surface area contributed by atoms with Gasteiger partial charge in [-0.15, -0.1) is 12.4 Å². The second-order valence-electron chi connectivity index (χ2n) is 4.48. The fourth-order valence-electron chi connectivity index (χ4n) is 1.84. The van der Waals surface area contributed by atoms with E-state index in [1.807, 2.05) is 18.3 Å². The van der Waals surface area contributed by atoms with Crippen molar-refractivity contribution in [2.75, 3.05) is 0 Å². The van der Waals surface area contributed by atoms with Gasteiger partial charge in [-0.1, -0.05) is 45.1 Å². The molecule has 0 aliphatic carbocycles. The lowest BCUT2D eigenvalue weighted by Gasteiger charge is -2.03. The molecule has 0 unspecified atom stereocenters. The number of nitrogens with one attached hydrogen (secondary N) is 1. The third-order valence-corrected chi connectivity index (χ3v) is 2.92. The first kappa shape index (κ1) is 16.9. The van der Waals surface area contributed by atoms with Crippen molar-refractivity contribution < 1.29 is 0 Å². The summed E-state index contributed by atoms with van der Waals surface area (Å²) in [5, 5.41) is 7.25. The average molecular weight is 270 g/mol. The molecule has 0 aliphatic rings. The molecule has 1 aromatic rings. The van der Waals surface area contributed by atoms with Gasteiger partial charge < -0.3 is 5.73 Å². The lowest BCUT2D eigenvalue weighted by Crippen LogP contribution is -2.12. The number of amidine groups is 1. The molecular formula is C14H24ClN3. The van der Waals surface area contributed by atoms with Gasteiger partial charge in [0.15, 0.2) is 0 Å². The molecule has 3 nitrogen and oxygen atoms in total. The van der Waals surface area contributed by atoms with Gasteiger partial charge in [0, 0.05) is 6.20 Å². The van der Waals surface area contributed by atoms with E-state index in [2.05, 4.69) is 11.9 Å². The Bertz CT molecular complexity index is 335. The molecule has 0 amide bonds. The number of nitrogen functional groups attached to an aromatic ring is 1. The average Bonchev–Trinajstić information content (AvgIpc) is 2.34. The van der Waals surface area contributed by atoms with Gasteiger partial charge in [-0.2, -0.15) is 0 Å². The molecule has 1 heterocycles. The highest BCUT2D eigenvalue weighted by Crippen LogP contribution is 2.09. The van der Waals surface area contributed by atoms with Gasteiger partial charge in [-0.25, -0.2) is 0 Å². The van der Waals surface area contributed by atoms with E-state index in [-0.39, 0.29) is 18.2 Å². The van der Waals surface area contributed by atoms with E-state index in [9.17, 15) is 0 Å². The fraction of sp³-hybridized carbons (Fsp3) is 0.571. The van der Waals surface area contributed by atoms with E-state index in [0.29, 0.717) is 5.69 Å². The highest BCUT2D eigenvalue weighted by Gasteiger charge is 1.98. The minimum atomic E-state index is 0. The van der Waals surface area contributed by atoms with E-state index < -0.39 is 0 Å². The first-order chi connectivity index (χ1) is 8.24. The fourth-order valence-corrected chi connectivity index (χ4v) is 1.84. The molecule has 102 valence electrons. The Hall–Kier alpha value is -1.09. The van der Waals surface area contributed by atoms with Gasteiger partial charge in [0.1, 0.15) is 11.5 Å². The maximum atomic E-state index is 7.25. The lowest BCUT2D eigenvalue weighted by atomic mass is 10.1. The van der Waals surface area contributed by atoms with Crippen molar-refractivity contribution in [1.82, 2.24) is 4.98 Å². The first-order valence-electron chi connectivity index (χ1n) is 6.53. The van der Waals surface area contributed by atoms with Crippen LogP contribution in [-0.4, -0.2) is 10.8 Å². The maximum Gasteiger partial charge on any atom is 0.141 e. The molecule has 4 heteroatoms. The van der Waals surface area contributed by atoms with Crippen LogP contribution in [0.5, 0.6) is 0 Å². The van der Waals surface area contributed by atoms with Crippen molar-refractivity contribution in [2.45, 2.75) is 51.9 Å². The molecule has 1 rings (SSSR count). The zero-order valence-corrected chi connectivity index (χ0v) is 11.9. The summed E-state index contributed by atoms with van der Waals surface area (Å²) >= 11 is 0. The van der Waals surface area contributed by atoms with Crippen LogP contribution >= 0.6 is 12.4 Å². The number of nitrogens with zero attached hydrogens (tertiary/aromatic N) is 1. The van der Waals surface area contributed by atoms with Crippen LogP contribution in [0.2, 0.25) is 0 Å². The normalized spacial score (nSPS) is 9.83. The molecule has 0 aliphatic heterocycles. The molecule has 0 aromatic carbocycles. The van der Waals surface area contributed by atoms with Gasteiger partial charge in [-0.3, -0.25) is 10.4 Å². The zero-order valence-electron chi connectivity index (χ0n) is 11.1. The van der Waals surface area contributed by atoms with E-state index in [1.54, 1.807) is 0 Å². The quantitative estimate of drug-likeness (QED) is 0.429. The minimum absolute atomic E-state index is 0. The van der Waals surface area contributed by atoms with Crippen LogP contribution in [0, 0.1) is 5.41 Å². The monoisotopic (exact) mass is 269 g/mol. The summed E-state index contributed by atoms with van der Waals surface area (Å²) in [6, 6.07) is 3.85. The van der Waals surface area contributed by atoms with Crippen molar-refractivity contribution in [2.24, 2.45) is 5.73 Å². The molecular weight excluding hydrogens is 246 g/mol. The van der Waals surface area contributed by atoms with Crippen molar-refractivity contribution in [3.63, 3.8) is 0 Å². The molecule has 0 bridgehead atoms. The Kier molecular flexibility index (Phi) is 9.29. The van der Waals surface area contributed by atoms with E-state index in [4.69, 9.17) is 11.1 Å². The molecule has 1 aromatic heterocycles. The van der Waals surface area contributed by atoms with Gasteiger partial charge in [0.2, 0.25) is 0 Å². The summed E-state index contributed by atoms with van der Waals surface area (Å²) in [5.41, 5.74) is 7.16. The summed E-state index contributed by atoms with van der Waals surface area (Å²) in [4.78, 5) is 4.16. The molecule has 0 radical (unpaired) electrons. The number of pyridine rings is 1. The van der Waals surface area contributed by atoms with Gasteiger partial charge >= 0.3 is 0 Å². The third kappa shape index (κ3) is 6.60. The van der Waals surface area contributed by atoms with Crippen molar-refractivity contribution in [3.8, 4) is 0 Å². The van der Waals surface area contributed by atoms with Gasteiger partial charge in [0.05, 0.1) is 0 Å². The molecule has 0 spiro atoms. The number of rotatable bonds is 8. The van der Waals surface area contributed by atoms with Gasteiger partial charge in [-0.05, 0) is 24.5 Å². The van der Waals surface area contributed by atoms with Crippen LogP contribution in [0.1, 0.15) is 56.7 Å². The number of aryl methyl sites for hydroxylation is 1. The Balaban J connectivity index is 0.00000289. The Morgan fingerprint density at radius 1 is 1.17 bits per heavy atom. The summed E-state index contributed by atoms with van der Waals surface area (Å²) < 4.78 is 0. The second-order valence-corrected chi connectivity index (χ2v) is 4.48. The smallest absolute Gasteiger partial charge is 0.141 e. The number of hydrogen-bond donors (Lipinski definition) is 2. The Morgan fingerprint density at radius 2 is 1.83 bits per heavy atom. The molecule has 0 saturated heterocycles. The molecule has 0 fully saturated rings. The summed E-state index contributed by atoms with van der Waals surface area (Å²) in [7, 11) is 0. The van der Waals surface area contributed by atoms with Crippen LogP contribution in [0.25, 0.3) is 0 Å². The topological polar surface area (TPSA) is 62.8 Å². The Labute approximate surface area is 116 Å². The van der Waals surface area contributed by atoms with Crippen molar-refractivity contribution in [3.05, 3.63) is 29.6 Å². The summed E-state index contributed by atoms with van der Waals surface area (Å²) in [6.07, 6.45) is 10.8. The Morgan fingerprint density at radius 3 is 2.39 bits per heavy atom. The minimum Gasteiger partial charge on any atom is -0.382 e. The molecule has 3 N–H and O–H groups in total. The van der Waals surface area contributed by atoms with Crippen LogP contribution < -0.4 is 5.73 Å². The summed E-state index contributed by atoms with van der Waals surface area (Å²) in [5.74, 6) is 0.0381. The number of hydrogen-bond acceptors (Lipinski definition) is 2. The van der Waals surface area contributed by atoms with E-state index in [1.165, 1.54) is 44.1 Å². The van der Waals surface area contributed by atoms with E-state index in [0.717, 1.165) is 6.42 Å². The standard InChI is InChI=1S/C14H23N3.ClH/c1-2-3-4-5-6-7-8-12-9-10-13(14(15)16)17-11-12;/h9-11H,2-8H2,1H3,(H3,15,16);1H. The predicted molar refractivity (Wildman–Crippen MR) is 79.6 cm³/mol. The second kappa shape index (κ2) is 9.89. The van der Waals surface area contributed by atoms with Gasteiger partial charge in [0.25, 0.3) is 0 Å². The highest BCUT2D eigenvalue weighted by molar-refractivity contribution is 5.92. The lowest BCUT2D eigenvalue weighted by molar-refractivity contribution is 0.607. The first-order valence-corrected chi connectivity index (χ1v) is 6.53. The highest BCUT2D eigenvalue weighted by atomic mass is 35.5. The molecule has 18 heavy (non-hydrogen) atoms. The number of halogens is 1. The number of unbranched alkanes of at least 4 members (excludes halogenated alkanes) is 5. The van der Waals surface area contributed by atoms with E-state index >= 15 is 0 Å². The third-order valence-electron chi connectivity index (χ3n) is 2.92. The molecule has 0 saturated carbocycles.